The van der Waals surface area contributed by atoms with Gasteiger partial charge in [-0.1, -0.05) is 38.1 Å². The maximum atomic E-state index is 13.5. The fraction of sp³-hybridized carbons (Fsp3) is 0.219. The lowest BCUT2D eigenvalue weighted by Gasteiger charge is -2.18. The summed E-state index contributed by atoms with van der Waals surface area (Å²) in [7, 11) is -2.90. The number of pyridine rings is 1. The highest BCUT2D eigenvalue weighted by atomic mass is 32.2. The summed E-state index contributed by atoms with van der Waals surface area (Å²) < 4.78 is 93.2. The molecular formula is C32H30F3N7O6S. The Hall–Kier alpha value is -5.71. The van der Waals surface area contributed by atoms with Crippen molar-refractivity contribution in [3.8, 4) is 40.5 Å². The molecule has 0 saturated heterocycles. The third-order valence-corrected chi connectivity index (χ3v) is 7.59. The number of alkyl halides is 3. The second-order valence-electron chi connectivity index (χ2n) is 10.5. The first-order valence-corrected chi connectivity index (χ1v) is 16.1. The van der Waals surface area contributed by atoms with Gasteiger partial charge in [-0.3, -0.25) is 9.71 Å². The first-order chi connectivity index (χ1) is 23.4. The number of halogens is 3. The van der Waals surface area contributed by atoms with Crippen LogP contribution in [0.15, 0.2) is 85.5 Å². The summed E-state index contributed by atoms with van der Waals surface area (Å²) in [4.78, 5) is 20.1. The van der Waals surface area contributed by atoms with Gasteiger partial charge in [0.1, 0.15) is 13.2 Å². The molecule has 0 radical (unpaired) electrons. The van der Waals surface area contributed by atoms with Gasteiger partial charge in [-0.25, -0.2) is 19.7 Å². The number of hydrogen-bond acceptors (Lipinski definition) is 11. The van der Waals surface area contributed by atoms with Crippen LogP contribution in [0.3, 0.4) is 0 Å². The van der Waals surface area contributed by atoms with E-state index in [4.69, 9.17) is 18.9 Å². The lowest BCUT2D eigenvalue weighted by molar-refractivity contribution is -0.138. The molecule has 0 atom stereocenters. The predicted octanol–water partition coefficient (Wildman–Crippen LogP) is 6.50. The van der Waals surface area contributed by atoms with Crippen molar-refractivity contribution in [2.24, 2.45) is 0 Å². The van der Waals surface area contributed by atoms with Crippen molar-refractivity contribution < 1.29 is 40.5 Å². The van der Waals surface area contributed by atoms with Gasteiger partial charge in [-0.15, -0.1) is 0 Å². The third kappa shape index (κ3) is 9.22. The van der Waals surface area contributed by atoms with E-state index in [1.807, 2.05) is 26.0 Å². The van der Waals surface area contributed by atoms with E-state index in [-0.39, 0.29) is 54.2 Å². The molecule has 2 N–H and O–H groups in total. The predicted molar refractivity (Wildman–Crippen MR) is 173 cm³/mol. The minimum Gasteiger partial charge on any atom is -0.493 e. The SMILES string of the molecule is COc1ccccc1Oc1c(NS(=O)(=O)Nc2ccc(C(C)C)cc2)nc(-c2ccncc2)nc1OCCOc1ncc(C(F)(F)F)cn1. The summed E-state index contributed by atoms with van der Waals surface area (Å²) in [5.74, 6) is 0.0696. The van der Waals surface area contributed by atoms with Crippen LogP contribution in [-0.2, 0) is 16.4 Å². The molecule has 5 aromatic rings. The first-order valence-electron chi connectivity index (χ1n) is 14.6. The number of anilines is 2. The lowest BCUT2D eigenvalue weighted by atomic mass is 10.0. The van der Waals surface area contributed by atoms with Crippen LogP contribution in [0.1, 0.15) is 30.9 Å². The maximum Gasteiger partial charge on any atom is 0.419 e. The van der Waals surface area contributed by atoms with Crippen LogP contribution in [0, 0.1) is 0 Å². The molecule has 2 aromatic carbocycles. The molecule has 0 spiro atoms. The van der Waals surface area contributed by atoms with Crippen LogP contribution >= 0.6 is 0 Å². The number of methoxy groups -OCH3 is 1. The van der Waals surface area contributed by atoms with Crippen LogP contribution in [0.25, 0.3) is 11.4 Å². The molecule has 0 aliphatic heterocycles. The molecule has 49 heavy (non-hydrogen) atoms. The number of hydrogen-bond donors (Lipinski definition) is 2. The molecule has 13 nitrogen and oxygen atoms in total. The molecular weight excluding hydrogens is 667 g/mol. The maximum absolute atomic E-state index is 13.5. The van der Waals surface area contributed by atoms with E-state index >= 15 is 0 Å². The number of benzene rings is 2. The molecule has 256 valence electrons. The topological polar surface area (TPSA) is 160 Å². The Morgan fingerprint density at radius 1 is 0.837 bits per heavy atom. The third-order valence-electron chi connectivity index (χ3n) is 6.62. The summed E-state index contributed by atoms with van der Waals surface area (Å²) in [6.45, 7) is 3.57. The van der Waals surface area contributed by atoms with Crippen molar-refractivity contribution in [1.82, 2.24) is 24.9 Å². The van der Waals surface area contributed by atoms with Crippen molar-refractivity contribution >= 4 is 21.7 Å². The molecule has 0 fully saturated rings. The normalized spacial score (nSPS) is 11.6. The van der Waals surface area contributed by atoms with Crippen LogP contribution in [0.2, 0.25) is 0 Å². The Labute approximate surface area is 279 Å². The molecule has 0 amide bonds. The quantitative estimate of drug-likeness (QED) is 0.122. The average Bonchev–Trinajstić information content (AvgIpc) is 3.08. The molecule has 3 aromatic heterocycles. The van der Waals surface area contributed by atoms with E-state index in [2.05, 4.69) is 34.4 Å². The zero-order valence-electron chi connectivity index (χ0n) is 26.3. The minimum atomic E-state index is -4.61. The number of nitrogens with zero attached hydrogens (tertiary/aromatic N) is 5. The van der Waals surface area contributed by atoms with E-state index in [0.717, 1.165) is 5.56 Å². The molecule has 0 aliphatic carbocycles. The molecule has 5 rings (SSSR count). The van der Waals surface area contributed by atoms with E-state index in [0.29, 0.717) is 29.4 Å². The zero-order chi connectivity index (χ0) is 35.0. The Balaban J connectivity index is 1.48. The van der Waals surface area contributed by atoms with Crippen molar-refractivity contribution in [2.45, 2.75) is 25.9 Å². The minimum absolute atomic E-state index is 0.0516. The highest BCUT2D eigenvalue weighted by Gasteiger charge is 2.31. The van der Waals surface area contributed by atoms with Crippen LogP contribution in [0.5, 0.6) is 29.1 Å². The fourth-order valence-corrected chi connectivity index (χ4v) is 5.07. The summed E-state index contributed by atoms with van der Waals surface area (Å²) in [5, 5.41) is 0. The largest absolute Gasteiger partial charge is 0.493 e. The van der Waals surface area contributed by atoms with Crippen LogP contribution in [-0.4, -0.2) is 53.7 Å². The number of aromatic nitrogens is 5. The van der Waals surface area contributed by atoms with Gasteiger partial charge in [0, 0.05) is 30.4 Å². The Bertz CT molecular complexity index is 1970. The Kier molecular flexibility index (Phi) is 10.6. The molecule has 3 heterocycles. The van der Waals surface area contributed by atoms with Crippen LogP contribution in [0.4, 0.5) is 24.7 Å². The standard InChI is InChI=1S/C32H30F3N7O6S/c1-20(2)21-8-10-24(11-9-21)41-49(43,44)42-29-27(48-26-7-5-4-6-25(26)45-3)30(40-28(39-29)22-12-14-36-15-13-22)46-16-17-47-31-37-18-23(19-38-31)32(33,34)35/h4-15,18-20,41H,16-17H2,1-3H3,(H,39,40,42). The lowest BCUT2D eigenvalue weighted by Crippen LogP contribution is -2.23. The van der Waals surface area contributed by atoms with Crippen molar-refractivity contribution in [3.05, 3.63) is 96.6 Å². The summed E-state index contributed by atoms with van der Waals surface area (Å²) >= 11 is 0. The first kappa shape index (κ1) is 34.6. The van der Waals surface area contributed by atoms with E-state index in [1.54, 1.807) is 48.5 Å². The van der Waals surface area contributed by atoms with Gasteiger partial charge in [-0.2, -0.15) is 26.6 Å². The zero-order valence-corrected chi connectivity index (χ0v) is 27.1. The van der Waals surface area contributed by atoms with Crippen molar-refractivity contribution in [2.75, 3.05) is 29.8 Å². The summed E-state index contributed by atoms with van der Waals surface area (Å²) in [6.07, 6.45) is -0.408. The Morgan fingerprint density at radius 2 is 1.49 bits per heavy atom. The van der Waals surface area contributed by atoms with Gasteiger partial charge < -0.3 is 18.9 Å². The average molecular weight is 698 g/mol. The van der Waals surface area contributed by atoms with E-state index in [1.165, 1.54) is 19.5 Å². The molecule has 0 bridgehead atoms. The smallest absolute Gasteiger partial charge is 0.419 e. The van der Waals surface area contributed by atoms with Gasteiger partial charge in [0.25, 0.3) is 5.88 Å². The fourth-order valence-electron chi connectivity index (χ4n) is 4.18. The van der Waals surface area contributed by atoms with E-state index < -0.39 is 21.9 Å². The second kappa shape index (κ2) is 15.0. The molecule has 0 saturated carbocycles. The van der Waals surface area contributed by atoms with E-state index in [9.17, 15) is 21.6 Å². The highest BCUT2D eigenvalue weighted by molar-refractivity contribution is 7.94. The second-order valence-corrected chi connectivity index (χ2v) is 11.9. The van der Waals surface area contributed by atoms with Gasteiger partial charge >= 0.3 is 22.4 Å². The van der Waals surface area contributed by atoms with Gasteiger partial charge in [0.15, 0.2) is 23.1 Å². The number of nitrogens with one attached hydrogen (secondary N) is 2. The van der Waals surface area contributed by atoms with Crippen LogP contribution < -0.4 is 28.4 Å². The van der Waals surface area contributed by atoms with Gasteiger partial charge in [0.05, 0.1) is 18.4 Å². The van der Waals surface area contributed by atoms with Gasteiger partial charge in [0.2, 0.25) is 5.75 Å². The molecule has 0 aliphatic rings. The molecule has 0 unspecified atom stereocenters. The van der Waals surface area contributed by atoms with Gasteiger partial charge in [-0.05, 0) is 47.9 Å². The summed E-state index contributed by atoms with van der Waals surface area (Å²) in [6, 6.07) is 16.4. The highest BCUT2D eigenvalue weighted by Crippen LogP contribution is 2.41. The number of ether oxygens (including phenoxy) is 4. The van der Waals surface area contributed by atoms with Crippen molar-refractivity contribution in [3.63, 3.8) is 0 Å². The summed E-state index contributed by atoms with van der Waals surface area (Å²) in [5.41, 5.74) is 0.759. The monoisotopic (exact) mass is 697 g/mol. The molecule has 17 heteroatoms. The van der Waals surface area contributed by atoms with Crippen molar-refractivity contribution in [1.29, 1.82) is 0 Å². The Morgan fingerprint density at radius 3 is 2.12 bits per heavy atom. The number of rotatable bonds is 14. The number of para-hydroxylation sites is 2.